The van der Waals surface area contributed by atoms with E-state index >= 15 is 0 Å². The summed E-state index contributed by atoms with van der Waals surface area (Å²) in [6.07, 6.45) is 2.34. The van der Waals surface area contributed by atoms with Crippen LogP contribution in [0.3, 0.4) is 0 Å². The molecule has 1 saturated carbocycles. The molecule has 0 N–H and O–H groups in total. The third kappa shape index (κ3) is 4.43. The van der Waals surface area contributed by atoms with E-state index in [-0.39, 0.29) is 24.4 Å². The summed E-state index contributed by atoms with van der Waals surface area (Å²) in [7, 11) is 0. The summed E-state index contributed by atoms with van der Waals surface area (Å²) >= 11 is 0. The molecule has 0 aromatic rings. The van der Waals surface area contributed by atoms with E-state index in [1.54, 1.807) is 13.0 Å². The zero-order valence-corrected chi connectivity index (χ0v) is 9.98. The lowest BCUT2D eigenvalue weighted by Gasteiger charge is -2.26. The molecule has 94 valence electrons. The number of nitriles is 1. The molecule has 0 bridgehead atoms. The SMILES string of the molecule is CCOC(=O)C1CCC(OC(=O)CC#N)CC1. The second-order valence-corrected chi connectivity index (χ2v) is 4.05. The Bertz CT molecular complexity index is 313. The van der Waals surface area contributed by atoms with Gasteiger partial charge in [-0.3, -0.25) is 9.59 Å². The smallest absolute Gasteiger partial charge is 0.320 e. The number of ether oxygens (including phenoxy) is 2. The highest BCUT2D eigenvalue weighted by atomic mass is 16.5. The minimum atomic E-state index is -0.480. The second kappa shape index (κ2) is 6.89. The van der Waals surface area contributed by atoms with Gasteiger partial charge >= 0.3 is 11.9 Å². The molecule has 0 saturated heterocycles. The summed E-state index contributed by atoms with van der Waals surface area (Å²) in [5.41, 5.74) is 0. The molecular formula is C12H17NO4. The largest absolute Gasteiger partial charge is 0.466 e. The van der Waals surface area contributed by atoms with Crippen molar-refractivity contribution in [3.63, 3.8) is 0 Å². The Labute approximate surface area is 101 Å². The van der Waals surface area contributed by atoms with Crippen LogP contribution in [-0.4, -0.2) is 24.6 Å². The van der Waals surface area contributed by atoms with Crippen molar-refractivity contribution >= 4 is 11.9 Å². The first kappa shape index (κ1) is 13.5. The number of carbonyl (C=O) groups excluding carboxylic acids is 2. The van der Waals surface area contributed by atoms with Crippen LogP contribution in [0.2, 0.25) is 0 Å². The molecule has 5 nitrogen and oxygen atoms in total. The molecule has 1 aliphatic rings. The fraction of sp³-hybridized carbons (Fsp3) is 0.750. The van der Waals surface area contributed by atoms with Gasteiger partial charge in [0.05, 0.1) is 18.6 Å². The average Bonchev–Trinajstić information content (AvgIpc) is 2.30. The van der Waals surface area contributed by atoms with Crippen LogP contribution in [0.15, 0.2) is 0 Å². The highest BCUT2D eigenvalue weighted by molar-refractivity contribution is 5.73. The molecule has 17 heavy (non-hydrogen) atoms. The number of carbonyl (C=O) groups is 2. The van der Waals surface area contributed by atoms with Crippen molar-refractivity contribution in [2.75, 3.05) is 6.61 Å². The van der Waals surface area contributed by atoms with Gasteiger partial charge in [0.2, 0.25) is 0 Å². The van der Waals surface area contributed by atoms with Gasteiger partial charge in [0.15, 0.2) is 0 Å². The summed E-state index contributed by atoms with van der Waals surface area (Å²) < 4.78 is 10.1. The van der Waals surface area contributed by atoms with Gasteiger partial charge in [-0.25, -0.2) is 0 Å². The fourth-order valence-electron chi connectivity index (χ4n) is 1.97. The molecule has 0 unspecified atom stereocenters. The molecule has 0 radical (unpaired) electrons. The lowest BCUT2D eigenvalue weighted by Crippen LogP contribution is -2.28. The maximum Gasteiger partial charge on any atom is 0.320 e. The Hall–Kier alpha value is -1.57. The number of nitrogens with zero attached hydrogens (tertiary/aromatic N) is 1. The van der Waals surface area contributed by atoms with E-state index in [9.17, 15) is 9.59 Å². The minimum absolute atomic E-state index is 0.0686. The maximum atomic E-state index is 11.5. The van der Waals surface area contributed by atoms with E-state index in [4.69, 9.17) is 14.7 Å². The normalized spacial score (nSPS) is 23.5. The third-order valence-corrected chi connectivity index (χ3v) is 2.82. The van der Waals surface area contributed by atoms with E-state index in [1.807, 2.05) is 0 Å². The van der Waals surface area contributed by atoms with Gasteiger partial charge < -0.3 is 9.47 Å². The number of esters is 2. The van der Waals surface area contributed by atoms with Gasteiger partial charge in [-0.2, -0.15) is 5.26 Å². The van der Waals surface area contributed by atoms with Crippen molar-refractivity contribution in [2.45, 2.75) is 45.1 Å². The number of rotatable bonds is 4. The van der Waals surface area contributed by atoms with Crippen molar-refractivity contribution in [1.29, 1.82) is 5.26 Å². The first-order valence-corrected chi connectivity index (χ1v) is 5.90. The Kier molecular flexibility index (Phi) is 5.47. The van der Waals surface area contributed by atoms with Crippen LogP contribution in [0.1, 0.15) is 39.0 Å². The highest BCUT2D eigenvalue weighted by Crippen LogP contribution is 2.27. The lowest BCUT2D eigenvalue weighted by atomic mass is 9.87. The van der Waals surface area contributed by atoms with Crippen LogP contribution in [0.5, 0.6) is 0 Å². The van der Waals surface area contributed by atoms with Gasteiger partial charge in [-0.15, -0.1) is 0 Å². The molecule has 0 aliphatic heterocycles. The fourth-order valence-corrected chi connectivity index (χ4v) is 1.97. The third-order valence-electron chi connectivity index (χ3n) is 2.82. The van der Waals surface area contributed by atoms with Crippen LogP contribution >= 0.6 is 0 Å². The zero-order chi connectivity index (χ0) is 12.7. The van der Waals surface area contributed by atoms with Crippen LogP contribution in [-0.2, 0) is 19.1 Å². The van der Waals surface area contributed by atoms with E-state index in [0.717, 1.165) is 0 Å². The Balaban J connectivity index is 2.28. The minimum Gasteiger partial charge on any atom is -0.466 e. The van der Waals surface area contributed by atoms with Gasteiger partial charge in [-0.1, -0.05) is 0 Å². The van der Waals surface area contributed by atoms with Crippen LogP contribution < -0.4 is 0 Å². The van der Waals surface area contributed by atoms with Crippen molar-refractivity contribution in [3.05, 3.63) is 0 Å². The van der Waals surface area contributed by atoms with Crippen LogP contribution in [0, 0.1) is 17.2 Å². The topological polar surface area (TPSA) is 76.4 Å². The first-order valence-electron chi connectivity index (χ1n) is 5.90. The standard InChI is InChI=1S/C12H17NO4/c1-2-16-12(15)9-3-5-10(6-4-9)17-11(14)7-8-13/h9-10H,2-7H2,1H3. The van der Waals surface area contributed by atoms with Crippen molar-refractivity contribution in [2.24, 2.45) is 5.92 Å². The first-order chi connectivity index (χ1) is 8.17. The highest BCUT2D eigenvalue weighted by Gasteiger charge is 2.28. The monoisotopic (exact) mass is 239 g/mol. The summed E-state index contributed by atoms with van der Waals surface area (Å²) in [6, 6.07) is 1.75. The summed E-state index contributed by atoms with van der Waals surface area (Å²) in [4.78, 5) is 22.5. The van der Waals surface area contributed by atoms with E-state index in [2.05, 4.69) is 0 Å². The molecule has 0 atom stereocenters. The number of hydrogen-bond acceptors (Lipinski definition) is 5. The zero-order valence-electron chi connectivity index (χ0n) is 9.98. The van der Waals surface area contributed by atoms with Crippen molar-refractivity contribution in [1.82, 2.24) is 0 Å². The predicted octanol–water partition coefficient (Wildman–Crippen LogP) is 1.57. The molecule has 0 aromatic heterocycles. The van der Waals surface area contributed by atoms with Gasteiger partial charge in [-0.05, 0) is 32.6 Å². The van der Waals surface area contributed by atoms with Crippen molar-refractivity contribution in [3.8, 4) is 6.07 Å². The average molecular weight is 239 g/mol. The Morgan fingerprint density at radius 3 is 2.47 bits per heavy atom. The van der Waals surface area contributed by atoms with Crippen LogP contribution in [0.4, 0.5) is 0 Å². The van der Waals surface area contributed by atoms with E-state index < -0.39 is 5.97 Å². The molecule has 0 spiro atoms. The summed E-state index contributed by atoms with van der Waals surface area (Å²) in [5, 5.41) is 8.33. The van der Waals surface area contributed by atoms with Gasteiger partial charge in [0.25, 0.3) is 0 Å². The molecule has 0 heterocycles. The van der Waals surface area contributed by atoms with Crippen LogP contribution in [0.25, 0.3) is 0 Å². The van der Waals surface area contributed by atoms with Gasteiger partial charge in [0, 0.05) is 0 Å². The quantitative estimate of drug-likeness (QED) is 0.696. The molecule has 1 fully saturated rings. The van der Waals surface area contributed by atoms with E-state index in [0.29, 0.717) is 32.3 Å². The second-order valence-electron chi connectivity index (χ2n) is 4.05. The molecular weight excluding hydrogens is 222 g/mol. The molecule has 0 aromatic carbocycles. The Morgan fingerprint density at radius 1 is 1.29 bits per heavy atom. The van der Waals surface area contributed by atoms with Crippen molar-refractivity contribution < 1.29 is 19.1 Å². The predicted molar refractivity (Wildman–Crippen MR) is 58.7 cm³/mol. The Morgan fingerprint density at radius 2 is 1.94 bits per heavy atom. The number of hydrogen-bond donors (Lipinski definition) is 0. The van der Waals surface area contributed by atoms with E-state index in [1.165, 1.54) is 0 Å². The molecule has 1 rings (SSSR count). The maximum absolute atomic E-state index is 11.5. The molecule has 5 heteroatoms. The molecule has 1 aliphatic carbocycles. The summed E-state index contributed by atoms with van der Waals surface area (Å²) in [6.45, 7) is 2.18. The lowest BCUT2D eigenvalue weighted by molar-refractivity contribution is -0.153. The molecule has 0 amide bonds. The van der Waals surface area contributed by atoms with Gasteiger partial charge in [0.1, 0.15) is 12.5 Å². The summed E-state index contributed by atoms with van der Waals surface area (Å²) in [5.74, 6) is -0.706.